The molecular weight excluding hydrogens is 472 g/mol. The topological polar surface area (TPSA) is 81.2 Å². The number of fused-ring (bicyclic) bond motifs is 4. The highest BCUT2D eigenvalue weighted by atomic mass is 35.5. The van der Waals surface area contributed by atoms with Crippen molar-refractivity contribution in [2.75, 3.05) is 13.1 Å². The highest BCUT2D eigenvalue weighted by Gasteiger charge is 2.27. The van der Waals surface area contributed by atoms with Crippen LogP contribution in [-0.2, 0) is 6.54 Å². The van der Waals surface area contributed by atoms with Crippen LogP contribution in [-0.4, -0.2) is 33.4 Å². The summed E-state index contributed by atoms with van der Waals surface area (Å²) in [6, 6.07) is 22.7. The molecule has 6 rings (SSSR count). The zero-order chi connectivity index (χ0) is 24.8. The standard InChI is InChI=1S/C29H23ClN4O2/c30-22-6-2-18(3-7-22)19-4-10-26-25(15-19)28-20(16-32-26)5-11-27(35)34(28)23-8-9-24-21(14-23)17-33(29(24)36)13-1-12-31/h2-11,14-16H,1,12-13,17,31H2. The Morgan fingerprint density at radius 1 is 0.917 bits per heavy atom. The van der Waals surface area contributed by atoms with Crippen LogP contribution in [0.15, 0.2) is 83.8 Å². The van der Waals surface area contributed by atoms with Crippen LogP contribution in [0.3, 0.4) is 0 Å². The molecule has 2 N–H and O–H groups in total. The van der Waals surface area contributed by atoms with E-state index in [0.717, 1.165) is 50.6 Å². The molecular formula is C29H23ClN4O2. The molecule has 178 valence electrons. The summed E-state index contributed by atoms with van der Waals surface area (Å²) >= 11 is 6.08. The monoisotopic (exact) mass is 494 g/mol. The van der Waals surface area contributed by atoms with Crippen molar-refractivity contribution >= 4 is 39.3 Å². The smallest absolute Gasteiger partial charge is 0.255 e. The molecule has 0 atom stereocenters. The molecule has 0 unspecified atom stereocenters. The number of carbonyl (C=O) groups is 1. The zero-order valence-electron chi connectivity index (χ0n) is 19.4. The normalized spacial score (nSPS) is 13.1. The Bertz CT molecular complexity index is 1710. The Morgan fingerprint density at radius 2 is 1.72 bits per heavy atom. The predicted molar refractivity (Wildman–Crippen MR) is 144 cm³/mol. The molecule has 0 aliphatic carbocycles. The first-order valence-electron chi connectivity index (χ1n) is 11.9. The lowest BCUT2D eigenvalue weighted by Gasteiger charge is -2.14. The number of hydrogen-bond acceptors (Lipinski definition) is 4. The van der Waals surface area contributed by atoms with E-state index in [9.17, 15) is 9.59 Å². The van der Waals surface area contributed by atoms with E-state index in [1.54, 1.807) is 22.9 Å². The van der Waals surface area contributed by atoms with Crippen LogP contribution in [0.2, 0.25) is 5.02 Å². The van der Waals surface area contributed by atoms with E-state index in [4.69, 9.17) is 17.3 Å². The maximum Gasteiger partial charge on any atom is 0.255 e. The van der Waals surface area contributed by atoms with Gasteiger partial charge in [-0.25, -0.2) is 0 Å². The van der Waals surface area contributed by atoms with Gasteiger partial charge in [0.25, 0.3) is 11.5 Å². The van der Waals surface area contributed by atoms with Crippen LogP contribution in [0.1, 0.15) is 22.3 Å². The number of halogens is 1. The number of nitrogens with zero attached hydrogens (tertiary/aromatic N) is 3. The van der Waals surface area contributed by atoms with Crippen molar-refractivity contribution in [1.82, 2.24) is 14.5 Å². The van der Waals surface area contributed by atoms with Crippen molar-refractivity contribution in [3.8, 4) is 16.8 Å². The van der Waals surface area contributed by atoms with Gasteiger partial charge in [-0.1, -0.05) is 29.8 Å². The third-order valence-electron chi connectivity index (χ3n) is 6.75. The zero-order valence-corrected chi connectivity index (χ0v) is 20.2. The molecule has 0 radical (unpaired) electrons. The Kier molecular flexibility index (Phi) is 5.55. The Hall–Kier alpha value is -4.00. The molecule has 0 bridgehead atoms. The van der Waals surface area contributed by atoms with Gasteiger partial charge >= 0.3 is 0 Å². The van der Waals surface area contributed by atoms with Crippen molar-refractivity contribution < 1.29 is 4.79 Å². The second-order valence-corrected chi connectivity index (χ2v) is 9.45. The fourth-order valence-electron chi connectivity index (χ4n) is 4.96. The summed E-state index contributed by atoms with van der Waals surface area (Å²) in [5, 5.41) is 2.41. The highest BCUT2D eigenvalue weighted by molar-refractivity contribution is 6.30. The van der Waals surface area contributed by atoms with Crippen LogP contribution in [0.4, 0.5) is 0 Å². The predicted octanol–water partition coefficient (Wildman–Crippen LogP) is 5.16. The van der Waals surface area contributed by atoms with Gasteiger partial charge < -0.3 is 10.6 Å². The number of carbonyl (C=O) groups excluding carboxylic acids is 1. The van der Waals surface area contributed by atoms with Crippen LogP contribution in [0.5, 0.6) is 0 Å². The number of amides is 1. The summed E-state index contributed by atoms with van der Waals surface area (Å²) in [4.78, 5) is 32.5. The number of pyridine rings is 2. The van der Waals surface area contributed by atoms with Gasteiger partial charge in [-0.2, -0.15) is 0 Å². The molecule has 1 aliphatic rings. The fraction of sp³-hybridized carbons (Fsp3) is 0.138. The number of hydrogen-bond donors (Lipinski definition) is 1. The maximum absolute atomic E-state index is 13.3. The third-order valence-corrected chi connectivity index (χ3v) is 7.00. The van der Waals surface area contributed by atoms with Gasteiger partial charge in [-0.3, -0.25) is 19.1 Å². The number of rotatable bonds is 5. The molecule has 2 aromatic heterocycles. The summed E-state index contributed by atoms with van der Waals surface area (Å²) in [6.07, 6.45) is 2.55. The maximum atomic E-state index is 13.3. The summed E-state index contributed by atoms with van der Waals surface area (Å²) < 4.78 is 1.72. The molecule has 0 saturated carbocycles. The minimum absolute atomic E-state index is 0.0116. The summed E-state index contributed by atoms with van der Waals surface area (Å²) in [6.45, 7) is 1.68. The van der Waals surface area contributed by atoms with E-state index in [2.05, 4.69) is 11.1 Å². The van der Waals surface area contributed by atoms with E-state index < -0.39 is 0 Å². The average molecular weight is 495 g/mol. The lowest BCUT2D eigenvalue weighted by atomic mass is 10.0. The van der Waals surface area contributed by atoms with Crippen molar-refractivity contribution in [3.63, 3.8) is 0 Å². The molecule has 5 aromatic rings. The first kappa shape index (κ1) is 22.5. The molecule has 0 saturated heterocycles. The summed E-state index contributed by atoms with van der Waals surface area (Å²) in [5.74, 6) is 0.0116. The molecule has 3 aromatic carbocycles. The summed E-state index contributed by atoms with van der Waals surface area (Å²) in [5.41, 5.74) is 11.4. The van der Waals surface area contributed by atoms with E-state index in [1.165, 1.54) is 0 Å². The van der Waals surface area contributed by atoms with Crippen molar-refractivity contribution in [2.45, 2.75) is 13.0 Å². The molecule has 3 heterocycles. The Balaban J connectivity index is 1.54. The van der Waals surface area contributed by atoms with Crippen LogP contribution in [0.25, 0.3) is 38.6 Å². The van der Waals surface area contributed by atoms with Crippen molar-refractivity contribution in [2.24, 2.45) is 5.73 Å². The first-order valence-corrected chi connectivity index (χ1v) is 12.2. The van der Waals surface area contributed by atoms with Gasteiger partial charge in [0, 0.05) is 52.4 Å². The number of benzene rings is 3. The van der Waals surface area contributed by atoms with Gasteiger partial charge in [0.2, 0.25) is 0 Å². The SMILES string of the molecule is NCCCN1Cc2cc(-n3c(=O)ccc4cnc5ccc(-c6ccc(Cl)cc6)cc5c43)ccc2C1=O. The van der Waals surface area contributed by atoms with E-state index in [0.29, 0.717) is 30.2 Å². The molecule has 6 nitrogen and oxygen atoms in total. The lowest BCUT2D eigenvalue weighted by Crippen LogP contribution is -2.26. The minimum atomic E-state index is -0.142. The van der Waals surface area contributed by atoms with Gasteiger partial charge in [-0.05, 0) is 78.2 Å². The molecule has 0 fully saturated rings. The van der Waals surface area contributed by atoms with Crippen LogP contribution in [0, 0.1) is 0 Å². The fourth-order valence-corrected chi connectivity index (χ4v) is 5.08. The Labute approximate surface area is 212 Å². The van der Waals surface area contributed by atoms with Gasteiger partial charge in [-0.15, -0.1) is 0 Å². The van der Waals surface area contributed by atoms with Gasteiger partial charge in [0.1, 0.15) is 0 Å². The van der Waals surface area contributed by atoms with Crippen molar-refractivity contribution in [3.05, 3.63) is 105 Å². The van der Waals surface area contributed by atoms with E-state index >= 15 is 0 Å². The summed E-state index contributed by atoms with van der Waals surface area (Å²) in [7, 11) is 0. The van der Waals surface area contributed by atoms with Gasteiger partial charge in [0.15, 0.2) is 0 Å². The molecule has 1 amide bonds. The number of nitrogens with two attached hydrogens (primary N) is 1. The van der Waals surface area contributed by atoms with Crippen molar-refractivity contribution in [1.29, 1.82) is 0 Å². The molecule has 36 heavy (non-hydrogen) atoms. The van der Waals surface area contributed by atoms with Crippen LogP contribution < -0.4 is 11.3 Å². The highest BCUT2D eigenvalue weighted by Crippen LogP contribution is 2.31. The number of aromatic nitrogens is 2. The largest absolute Gasteiger partial charge is 0.334 e. The second kappa shape index (κ2) is 8.90. The quantitative estimate of drug-likeness (QED) is 0.342. The Morgan fingerprint density at radius 3 is 2.53 bits per heavy atom. The van der Waals surface area contributed by atoms with Crippen LogP contribution >= 0.6 is 11.6 Å². The molecule has 7 heteroatoms. The molecule has 0 spiro atoms. The second-order valence-electron chi connectivity index (χ2n) is 9.02. The average Bonchev–Trinajstić information content (AvgIpc) is 3.21. The van der Waals surface area contributed by atoms with Gasteiger partial charge in [0.05, 0.1) is 11.0 Å². The van der Waals surface area contributed by atoms with E-state index in [-0.39, 0.29) is 11.5 Å². The lowest BCUT2D eigenvalue weighted by molar-refractivity contribution is 0.0777. The first-order chi connectivity index (χ1) is 17.5. The molecule has 1 aliphatic heterocycles. The minimum Gasteiger partial charge on any atom is -0.334 e. The van der Waals surface area contributed by atoms with E-state index in [1.807, 2.05) is 59.5 Å². The third kappa shape index (κ3) is 3.75.